The van der Waals surface area contributed by atoms with Crippen molar-refractivity contribution in [1.29, 1.82) is 0 Å². The average Bonchev–Trinajstić information content (AvgIpc) is 2.47. The van der Waals surface area contributed by atoms with Crippen molar-refractivity contribution in [2.75, 3.05) is 18.5 Å². The summed E-state index contributed by atoms with van der Waals surface area (Å²) in [5.74, 6) is 1.55. The predicted octanol–water partition coefficient (Wildman–Crippen LogP) is 4.49. The molecule has 0 amide bonds. The van der Waals surface area contributed by atoms with Crippen LogP contribution in [0, 0.1) is 0 Å². The summed E-state index contributed by atoms with van der Waals surface area (Å²) in [7, 11) is 0. The van der Waals surface area contributed by atoms with Crippen LogP contribution in [0.15, 0.2) is 40.9 Å². The molecule has 0 aliphatic carbocycles. The van der Waals surface area contributed by atoms with Gasteiger partial charge in [-0.15, -0.1) is 0 Å². The summed E-state index contributed by atoms with van der Waals surface area (Å²) in [6, 6.07) is 11.7. The summed E-state index contributed by atoms with van der Waals surface area (Å²) >= 11 is 9.42. The Labute approximate surface area is 131 Å². The van der Waals surface area contributed by atoms with Crippen LogP contribution >= 0.6 is 27.5 Å². The van der Waals surface area contributed by atoms with E-state index in [2.05, 4.69) is 21.2 Å². The Morgan fingerprint density at radius 3 is 2.40 bits per heavy atom. The normalized spacial score (nSPS) is 13.1. The number of nitrogens with one attached hydrogen (secondary N) is 1. The number of hydrogen-bond acceptors (Lipinski definition) is 3. The van der Waals surface area contributed by atoms with Gasteiger partial charge < -0.3 is 14.8 Å². The molecule has 3 rings (SSSR count). The summed E-state index contributed by atoms with van der Waals surface area (Å²) < 4.78 is 12.1. The molecule has 0 bridgehead atoms. The van der Waals surface area contributed by atoms with E-state index in [1.165, 1.54) is 0 Å². The molecular formula is C15H13BrClNO2. The fourth-order valence-corrected chi connectivity index (χ4v) is 2.59. The molecule has 3 nitrogen and oxygen atoms in total. The molecule has 20 heavy (non-hydrogen) atoms. The first-order chi connectivity index (χ1) is 9.72. The third-order valence-corrected chi connectivity index (χ3v) is 3.94. The largest absolute Gasteiger partial charge is 0.486 e. The lowest BCUT2D eigenvalue weighted by molar-refractivity contribution is 0.171. The van der Waals surface area contributed by atoms with Crippen molar-refractivity contribution < 1.29 is 9.47 Å². The number of rotatable bonds is 3. The van der Waals surface area contributed by atoms with Crippen LogP contribution in [0.3, 0.4) is 0 Å². The van der Waals surface area contributed by atoms with Crippen LogP contribution < -0.4 is 14.8 Å². The molecule has 0 fully saturated rings. The quantitative estimate of drug-likeness (QED) is 0.881. The third kappa shape index (κ3) is 3.02. The molecule has 2 aromatic rings. The molecule has 1 heterocycles. The van der Waals surface area contributed by atoms with Gasteiger partial charge >= 0.3 is 0 Å². The van der Waals surface area contributed by atoms with E-state index in [1.54, 1.807) is 0 Å². The van der Waals surface area contributed by atoms with Crippen molar-refractivity contribution in [3.8, 4) is 11.5 Å². The molecule has 0 saturated carbocycles. The molecule has 1 aliphatic rings. The minimum absolute atomic E-state index is 0.589. The van der Waals surface area contributed by atoms with Gasteiger partial charge in [0.05, 0.1) is 5.69 Å². The first-order valence-corrected chi connectivity index (χ1v) is 7.47. The third-order valence-electron chi connectivity index (χ3n) is 3.03. The number of hydrogen-bond donors (Lipinski definition) is 1. The Morgan fingerprint density at radius 2 is 1.70 bits per heavy atom. The van der Waals surface area contributed by atoms with Crippen molar-refractivity contribution in [2.24, 2.45) is 0 Å². The molecule has 0 aromatic heterocycles. The summed E-state index contributed by atoms with van der Waals surface area (Å²) in [6.45, 7) is 1.90. The monoisotopic (exact) mass is 353 g/mol. The fourth-order valence-electron chi connectivity index (χ4n) is 2.00. The van der Waals surface area contributed by atoms with Gasteiger partial charge in [-0.25, -0.2) is 0 Å². The Kier molecular flexibility index (Phi) is 4.03. The second-order valence-electron chi connectivity index (χ2n) is 4.46. The summed E-state index contributed by atoms with van der Waals surface area (Å²) in [6.07, 6.45) is 0. The summed E-state index contributed by atoms with van der Waals surface area (Å²) in [5, 5.41) is 4.12. The molecule has 0 saturated heterocycles. The zero-order valence-corrected chi connectivity index (χ0v) is 13.0. The maximum Gasteiger partial charge on any atom is 0.163 e. The zero-order valence-electron chi connectivity index (χ0n) is 10.7. The Hall–Kier alpha value is -1.39. The number of benzene rings is 2. The smallest absolute Gasteiger partial charge is 0.163 e. The van der Waals surface area contributed by atoms with E-state index < -0.39 is 0 Å². The van der Waals surface area contributed by atoms with E-state index in [-0.39, 0.29) is 0 Å². The van der Waals surface area contributed by atoms with Gasteiger partial charge in [-0.1, -0.05) is 23.7 Å². The molecule has 0 spiro atoms. The minimum atomic E-state index is 0.589. The fraction of sp³-hybridized carbons (Fsp3) is 0.200. The van der Waals surface area contributed by atoms with Crippen LogP contribution in [0.25, 0.3) is 0 Å². The van der Waals surface area contributed by atoms with Crippen LogP contribution in [0.1, 0.15) is 5.56 Å². The first kappa shape index (κ1) is 13.6. The zero-order chi connectivity index (χ0) is 13.9. The van der Waals surface area contributed by atoms with Crippen LogP contribution in [0.5, 0.6) is 11.5 Å². The van der Waals surface area contributed by atoms with Gasteiger partial charge in [0.2, 0.25) is 0 Å². The maximum absolute atomic E-state index is 5.88. The van der Waals surface area contributed by atoms with Crippen molar-refractivity contribution in [3.05, 3.63) is 51.5 Å². The van der Waals surface area contributed by atoms with Gasteiger partial charge in [0, 0.05) is 28.2 Å². The van der Waals surface area contributed by atoms with Gasteiger partial charge in [0.25, 0.3) is 0 Å². The van der Waals surface area contributed by atoms with E-state index in [9.17, 15) is 0 Å². The van der Waals surface area contributed by atoms with Crippen molar-refractivity contribution in [3.63, 3.8) is 0 Å². The standard InChI is InChI=1S/C15H13BrClNO2/c16-12-7-14-15(20-6-5-19-14)8-13(12)18-9-10-1-3-11(17)4-2-10/h1-4,7-8,18H,5-6,9H2. The maximum atomic E-state index is 5.88. The highest BCUT2D eigenvalue weighted by atomic mass is 79.9. The molecule has 2 aromatic carbocycles. The van der Waals surface area contributed by atoms with E-state index in [1.807, 2.05) is 36.4 Å². The summed E-state index contributed by atoms with van der Waals surface area (Å²) in [4.78, 5) is 0. The number of anilines is 1. The molecule has 5 heteroatoms. The molecule has 0 atom stereocenters. The molecule has 0 unspecified atom stereocenters. The lowest BCUT2D eigenvalue weighted by Crippen LogP contribution is -2.15. The molecule has 1 aliphatic heterocycles. The number of ether oxygens (including phenoxy) is 2. The number of fused-ring (bicyclic) bond motifs is 1. The van der Waals surface area contributed by atoms with Crippen LogP contribution in [0.4, 0.5) is 5.69 Å². The van der Waals surface area contributed by atoms with E-state index in [4.69, 9.17) is 21.1 Å². The Bertz CT molecular complexity index is 616. The Morgan fingerprint density at radius 1 is 1.05 bits per heavy atom. The Balaban J connectivity index is 1.75. The second-order valence-corrected chi connectivity index (χ2v) is 5.75. The van der Waals surface area contributed by atoms with E-state index in [0.29, 0.717) is 13.2 Å². The van der Waals surface area contributed by atoms with Crippen LogP contribution in [-0.4, -0.2) is 13.2 Å². The molecule has 1 N–H and O–H groups in total. The van der Waals surface area contributed by atoms with E-state index in [0.717, 1.165) is 38.8 Å². The topological polar surface area (TPSA) is 30.5 Å². The van der Waals surface area contributed by atoms with Crippen molar-refractivity contribution in [1.82, 2.24) is 0 Å². The van der Waals surface area contributed by atoms with E-state index >= 15 is 0 Å². The minimum Gasteiger partial charge on any atom is -0.486 e. The van der Waals surface area contributed by atoms with Crippen LogP contribution in [-0.2, 0) is 6.54 Å². The second kappa shape index (κ2) is 5.94. The van der Waals surface area contributed by atoms with Crippen molar-refractivity contribution in [2.45, 2.75) is 6.54 Å². The summed E-state index contributed by atoms with van der Waals surface area (Å²) in [5.41, 5.74) is 2.14. The molecular weight excluding hydrogens is 342 g/mol. The van der Waals surface area contributed by atoms with Crippen LogP contribution in [0.2, 0.25) is 5.02 Å². The predicted molar refractivity (Wildman–Crippen MR) is 83.9 cm³/mol. The highest BCUT2D eigenvalue weighted by Gasteiger charge is 2.14. The van der Waals surface area contributed by atoms with Gasteiger partial charge in [-0.2, -0.15) is 0 Å². The first-order valence-electron chi connectivity index (χ1n) is 6.30. The van der Waals surface area contributed by atoms with Gasteiger partial charge in [-0.3, -0.25) is 0 Å². The molecule has 0 radical (unpaired) electrons. The van der Waals surface area contributed by atoms with Crippen molar-refractivity contribution >= 4 is 33.2 Å². The van der Waals surface area contributed by atoms with Gasteiger partial charge in [-0.05, 0) is 33.6 Å². The lowest BCUT2D eigenvalue weighted by atomic mass is 10.2. The lowest BCUT2D eigenvalue weighted by Gasteiger charge is -2.20. The number of halogens is 2. The average molecular weight is 355 g/mol. The highest BCUT2D eigenvalue weighted by molar-refractivity contribution is 9.10. The SMILES string of the molecule is Clc1ccc(CNc2cc3c(cc2Br)OCCO3)cc1. The van der Waals surface area contributed by atoms with Gasteiger partial charge in [0.15, 0.2) is 11.5 Å². The van der Waals surface area contributed by atoms with Gasteiger partial charge in [0.1, 0.15) is 13.2 Å². The molecule has 104 valence electrons. The highest BCUT2D eigenvalue weighted by Crippen LogP contribution is 2.38.